The maximum Gasteiger partial charge on any atom is 0.326 e. The lowest BCUT2D eigenvalue weighted by Gasteiger charge is -2.39. The van der Waals surface area contributed by atoms with Gasteiger partial charge in [-0.3, -0.25) is 15.0 Å². The number of imide groups is 1. The molecule has 106 valence electrons. The van der Waals surface area contributed by atoms with Crippen LogP contribution in [-0.2, 0) is 14.3 Å². The van der Waals surface area contributed by atoms with Crippen LogP contribution in [0.25, 0.3) is 0 Å². The van der Waals surface area contributed by atoms with Crippen LogP contribution < -0.4 is 5.32 Å². The van der Waals surface area contributed by atoms with E-state index in [1.165, 1.54) is 4.90 Å². The topological polar surface area (TPSA) is 108 Å². The summed E-state index contributed by atoms with van der Waals surface area (Å²) < 4.78 is 11.0. The van der Waals surface area contributed by atoms with E-state index in [1.807, 2.05) is 0 Å². The lowest BCUT2D eigenvalue weighted by atomic mass is 10.0. The van der Waals surface area contributed by atoms with Gasteiger partial charge in [-0.05, 0) is 0 Å². The predicted molar refractivity (Wildman–Crippen MR) is 59.8 cm³/mol. The zero-order chi connectivity index (χ0) is 13.8. The number of carbonyl (C=O) groups excluding carboxylic acids is 2. The quantitative estimate of drug-likeness (QED) is 0.537. The molecule has 0 aromatic rings. The molecule has 5 atom stereocenters. The van der Waals surface area contributed by atoms with Gasteiger partial charge in [0.05, 0.1) is 19.1 Å². The van der Waals surface area contributed by atoms with E-state index in [0.29, 0.717) is 0 Å². The minimum atomic E-state index is -1.17. The van der Waals surface area contributed by atoms with Crippen LogP contribution in [0.2, 0.25) is 0 Å². The second-order valence-corrected chi connectivity index (χ2v) is 5.30. The molecule has 2 unspecified atom stereocenters. The van der Waals surface area contributed by atoms with Crippen LogP contribution >= 0.6 is 0 Å². The second-order valence-electron chi connectivity index (χ2n) is 5.30. The number of urea groups is 1. The first kappa shape index (κ1) is 12.8. The molecule has 0 radical (unpaired) electrons. The largest absolute Gasteiger partial charge is 0.393 e. The van der Waals surface area contributed by atoms with Crippen LogP contribution in [-0.4, -0.2) is 70.8 Å². The van der Waals surface area contributed by atoms with Gasteiger partial charge in [0.1, 0.15) is 17.8 Å². The molecule has 3 rings (SSSR count). The number of aliphatic hydroxyl groups is 2. The number of hydrogen-bond donors (Lipinski definition) is 3. The van der Waals surface area contributed by atoms with E-state index in [1.54, 1.807) is 6.92 Å². The molecule has 8 nitrogen and oxygen atoms in total. The summed E-state index contributed by atoms with van der Waals surface area (Å²) in [5.74, 6) is -0.689. The van der Waals surface area contributed by atoms with Crippen LogP contribution in [0.5, 0.6) is 0 Å². The molecule has 3 aliphatic rings. The maximum atomic E-state index is 11.8. The zero-order valence-corrected chi connectivity index (χ0v) is 10.4. The average Bonchev–Trinajstić information content (AvgIpc) is 2.85. The van der Waals surface area contributed by atoms with Crippen molar-refractivity contribution in [2.75, 3.05) is 19.8 Å². The first-order valence-corrected chi connectivity index (χ1v) is 6.18. The van der Waals surface area contributed by atoms with E-state index < -0.39 is 30.1 Å². The first-order valence-electron chi connectivity index (χ1n) is 6.18. The number of nitrogens with one attached hydrogen (secondary N) is 1. The molecule has 8 heteroatoms. The Morgan fingerprint density at radius 1 is 1.53 bits per heavy atom. The fourth-order valence-corrected chi connectivity index (χ4v) is 2.76. The number of ether oxygens (including phenoxy) is 2. The van der Waals surface area contributed by atoms with Crippen molar-refractivity contribution in [2.24, 2.45) is 5.92 Å². The van der Waals surface area contributed by atoms with Crippen molar-refractivity contribution < 1.29 is 29.3 Å². The molecule has 3 heterocycles. The predicted octanol–water partition coefficient (Wildman–Crippen LogP) is -1.98. The molecule has 2 bridgehead atoms. The lowest BCUT2D eigenvalue weighted by molar-refractivity contribution is -0.199. The summed E-state index contributed by atoms with van der Waals surface area (Å²) in [4.78, 5) is 24.5. The number of rotatable bonds is 2. The summed E-state index contributed by atoms with van der Waals surface area (Å²) >= 11 is 0. The summed E-state index contributed by atoms with van der Waals surface area (Å²) in [6.45, 7) is 1.60. The molecule has 3 aliphatic heterocycles. The van der Waals surface area contributed by atoms with Gasteiger partial charge < -0.3 is 19.7 Å². The minimum absolute atomic E-state index is 0.0930. The van der Waals surface area contributed by atoms with Gasteiger partial charge in [0.25, 0.3) is 0 Å². The molecule has 3 saturated heterocycles. The van der Waals surface area contributed by atoms with E-state index in [0.717, 1.165) is 0 Å². The first-order chi connectivity index (χ1) is 8.98. The number of carbonyl (C=O) groups is 2. The Labute approximate surface area is 109 Å². The van der Waals surface area contributed by atoms with Gasteiger partial charge in [-0.25, -0.2) is 4.79 Å². The van der Waals surface area contributed by atoms with Crippen molar-refractivity contribution in [2.45, 2.75) is 31.0 Å². The third-order valence-electron chi connectivity index (χ3n) is 3.99. The highest BCUT2D eigenvalue weighted by Crippen LogP contribution is 2.41. The number of hydrogen-bond acceptors (Lipinski definition) is 6. The number of aliphatic hydroxyl groups excluding tert-OH is 2. The Bertz CT molecular complexity index is 429. The Morgan fingerprint density at radius 3 is 2.89 bits per heavy atom. The summed E-state index contributed by atoms with van der Waals surface area (Å²) in [6, 6.07) is -0.565. The highest BCUT2D eigenvalue weighted by Gasteiger charge is 2.63. The third kappa shape index (κ3) is 1.68. The summed E-state index contributed by atoms with van der Waals surface area (Å²) in [7, 11) is 0. The summed E-state index contributed by atoms with van der Waals surface area (Å²) in [6.07, 6.45) is -2.46. The minimum Gasteiger partial charge on any atom is -0.393 e. The van der Waals surface area contributed by atoms with Crippen molar-refractivity contribution in [1.29, 1.82) is 0 Å². The molecule has 3 N–H and O–H groups in total. The molecule has 0 saturated carbocycles. The van der Waals surface area contributed by atoms with Gasteiger partial charge in [-0.2, -0.15) is 0 Å². The molecule has 3 fully saturated rings. The lowest BCUT2D eigenvalue weighted by Crippen LogP contribution is -2.60. The Hall–Kier alpha value is -1.22. The average molecular weight is 272 g/mol. The van der Waals surface area contributed by atoms with Crippen LogP contribution in [0.15, 0.2) is 0 Å². The van der Waals surface area contributed by atoms with Crippen LogP contribution in [0.3, 0.4) is 0 Å². The fraction of sp³-hybridized carbons (Fsp3) is 0.818. The van der Waals surface area contributed by atoms with Crippen molar-refractivity contribution in [3.63, 3.8) is 0 Å². The van der Waals surface area contributed by atoms with Crippen molar-refractivity contribution in [1.82, 2.24) is 10.2 Å². The summed E-state index contributed by atoms with van der Waals surface area (Å²) in [5, 5.41) is 21.6. The molecule has 19 heavy (non-hydrogen) atoms. The van der Waals surface area contributed by atoms with Crippen LogP contribution in [0, 0.1) is 5.92 Å². The van der Waals surface area contributed by atoms with E-state index in [9.17, 15) is 19.8 Å². The van der Waals surface area contributed by atoms with Crippen molar-refractivity contribution in [3.8, 4) is 0 Å². The molecule has 0 aliphatic carbocycles. The third-order valence-corrected chi connectivity index (χ3v) is 3.99. The fourth-order valence-electron chi connectivity index (χ4n) is 2.76. The number of fused-ring (bicyclic) bond motifs is 2. The Morgan fingerprint density at radius 2 is 2.26 bits per heavy atom. The molecule has 0 aromatic heterocycles. The zero-order valence-electron chi connectivity index (χ0n) is 10.4. The molecule has 0 aromatic carbocycles. The van der Waals surface area contributed by atoms with Gasteiger partial charge >= 0.3 is 6.03 Å². The van der Waals surface area contributed by atoms with E-state index in [4.69, 9.17) is 9.47 Å². The van der Waals surface area contributed by atoms with Crippen LogP contribution in [0.4, 0.5) is 4.79 Å². The Balaban J connectivity index is 1.81. The van der Waals surface area contributed by atoms with Gasteiger partial charge in [-0.15, -0.1) is 0 Å². The number of amides is 3. The normalized spacial score (nSPS) is 45.7. The molecular formula is C11H16N2O6. The van der Waals surface area contributed by atoms with Gasteiger partial charge in [-0.1, -0.05) is 6.92 Å². The van der Waals surface area contributed by atoms with Crippen molar-refractivity contribution in [3.05, 3.63) is 0 Å². The van der Waals surface area contributed by atoms with E-state index in [-0.39, 0.29) is 31.6 Å². The van der Waals surface area contributed by atoms with E-state index >= 15 is 0 Å². The highest BCUT2D eigenvalue weighted by atomic mass is 16.7. The molecular weight excluding hydrogens is 256 g/mol. The Kier molecular flexibility index (Phi) is 2.79. The number of nitrogens with zero attached hydrogens (tertiary/aromatic N) is 1. The standard InChI is InChI=1S/C11H16N2O6/c1-5-2-13(10(17)12-8(5)16)9-6-7(15)11(3-14,19-9)4-18-6/h5-7,9,14-15H,2-4H2,1H3,(H,12,16,17)/t5?,6-,7+,9-,11?/m1/s1. The van der Waals surface area contributed by atoms with E-state index in [2.05, 4.69) is 5.32 Å². The van der Waals surface area contributed by atoms with Gasteiger partial charge in [0.2, 0.25) is 5.91 Å². The summed E-state index contributed by atoms with van der Waals surface area (Å²) in [5.41, 5.74) is -1.17. The second kappa shape index (κ2) is 4.14. The molecule has 0 spiro atoms. The smallest absolute Gasteiger partial charge is 0.326 e. The van der Waals surface area contributed by atoms with Gasteiger partial charge in [0.15, 0.2) is 6.23 Å². The highest BCUT2D eigenvalue weighted by molar-refractivity contribution is 5.97. The van der Waals surface area contributed by atoms with Crippen LogP contribution in [0.1, 0.15) is 6.92 Å². The monoisotopic (exact) mass is 272 g/mol. The molecule has 3 amide bonds. The van der Waals surface area contributed by atoms with Crippen molar-refractivity contribution >= 4 is 11.9 Å². The van der Waals surface area contributed by atoms with Gasteiger partial charge in [0, 0.05) is 6.54 Å². The SMILES string of the molecule is CC1CN([C@@H]2OC3(CO)CO[C@@H]2[C@@H]3O)C(=O)NC1=O. The maximum absolute atomic E-state index is 11.8.